The van der Waals surface area contributed by atoms with Crippen LogP contribution in [0.25, 0.3) is 0 Å². The normalized spacial score (nSPS) is 12.2. The average Bonchev–Trinajstić information content (AvgIpc) is 3.30. The Kier molecular flexibility index (Phi) is 11.3. The van der Waals surface area contributed by atoms with Crippen molar-refractivity contribution in [3.63, 3.8) is 0 Å². The second-order valence-electron chi connectivity index (χ2n) is 13.8. The summed E-state index contributed by atoms with van der Waals surface area (Å²) in [6.07, 6.45) is 0. The van der Waals surface area contributed by atoms with Gasteiger partial charge in [-0.25, -0.2) is 0 Å². The molecule has 0 saturated heterocycles. The lowest BCUT2D eigenvalue weighted by Gasteiger charge is -2.47. The number of rotatable bonds is 14. The molecule has 8 aromatic carbocycles. The molecule has 0 bridgehead atoms. The molecule has 0 aliphatic carbocycles. The number of hydrogen-bond acceptors (Lipinski definition) is 5. The van der Waals surface area contributed by atoms with Gasteiger partial charge in [0.1, 0.15) is 0 Å². The molecule has 0 saturated carbocycles. The fraction of sp³-hybridized carbons (Fsp3) is 0. The van der Waals surface area contributed by atoms with Crippen molar-refractivity contribution in [1.29, 1.82) is 0 Å². The average molecular weight is 811 g/mol. The largest absolute Gasteiger partial charge is 0.523 e. The van der Waals surface area contributed by atoms with E-state index in [1.54, 1.807) is 24.3 Å². The molecule has 57 heavy (non-hydrogen) atoms. The molecule has 0 fully saturated rings. The molecular weight excluding hydrogens is 769 g/mol. The highest BCUT2D eigenvalue weighted by atomic mass is 28.5. The molecule has 5 nitrogen and oxygen atoms in total. The second-order valence-corrected chi connectivity index (χ2v) is 25.9. The number of hydrogen-bond donors (Lipinski definition) is 2. The van der Waals surface area contributed by atoms with Gasteiger partial charge in [0.25, 0.3) is 8.32 Å². The van der Waals surface area contributed by atoms with Gasteiger partial charge in [0.2, 0.25) is 0 Å². The molecule has 0 radical (unpaired) electrons. The minimum absolute atomic E-state index is 0.312. The zero-order chi connectivity index (χ0) is 39.0. The molecule has 0 heterocycles. The summed E-state index contributed by atoms with van der Waals surface area (Å²) in [4.78, 5) is 24.7. The Morgan fingerprint density at radius 2 is 0.439 bits per heavy atom. The van der Waals surface area contributed by atoms with Gasteiger partial charge < -0.3 is 21.9 Å². The Bertz CT molecular complexity index is 2270. The van der Waals surface area contributed by atoms with Crippen LogP contribution in [0.15, 0.2) is 243 Å². The van der Waals surface area contributed by atoms with Crippen LogP contribution in [0.2, 0.25) is 0 Å². The first kappa shape index (κ1) is 38.3. The van der Waals surface area contributed by atoms with E-state index in [2.05, 4.69) is 97.1 Å². The van der Waals surface area contributed by atoms with Crippen LogP contribution in [-0.4, -0.2) is 43.8 Å². The molecule has 0 spiro atoms. The van der Waals surface area contributed by atoms with E-state index >= 15 is 0 Å². The molecule has 0 aromatic heterocycles. The fourth-order valence-corrected chi connectivity index (χ4v) is 26.0. The third-order valence-electron chi connectivity index (χ3n) is 10.2. The van der Waals surface area contributed by atoms with Crippen LogP contribution < -0.4 is 41.5 Å². The Morgan fingerprint density at radius 1 is 0.228 bits per heavy atom. The Balaban J connectivity index is 1.51. The summed E-state index contributed by atoms with van der Waals surface area (Å²) < 4.78 is 23.8. The van der Waals surface area contributed by atoms with Crippen molar-refractivity contribution in [3.8, 4) is 0 Å². The Hall–Kier alpha value is -5.57. The van der Waals surface area contributed by atoms with E-state index in [0.29, 0.717) is 15.6 Å². The molecular formula is C48H42O5Si4. The minimum atomic E-state index is -4.72. The summed E-state index contributed by atoms with van der Waals surface area (Å²) in [5.41, 5.74) is 0. The first-order valence-electron chi connectivity index (χ1n) is 19.0. The summed E-state index contributed by atoms with van der Waals surface area (Å²) in [6.45, 7) is 0. The highest BCUT2D eigenvalue weighted by molar-refractivity contribution is 7.15. The maximum absolute atomic E-state index is 12.4. The standard InChI is InChI=1S/C48H42O5Si4/c49-57(50,48-39-23-8-24-40-48)53-56(46-35-19-6-20-36-46,47-37-21-7-22-38-47)52-55(44-31-15-4-16-32-44,45-33-17-5-18-34-45)51-54(41-25-9-1-10-26-41,42-27-11-2-12-28-42)43-29-13-3-14-30-43/h1-40,49-50H. The van der Waals surface area contributed by atoms with Gasteiger partial charge in [0.15, 0.2) is 0 Å². The lowest BCUT2D eigenvalue weighted by Crippen LogP contribution is -2.83. The molecule has 0 unspecified atom stereocenters. The van der Waals surface area contributed by atoms with Crippen LogP contribution in [0, 0.1) is 0 Å². The van der Waals surface area contributed by atoms with Crippen molar-refractivity contribution in [2.24, 2.45) is 0 Å². The van der Waals surface area contributed by atoms with Crippen molar-refractivity contribution < 1.29 is 21.9 Å². The van der Waals surface area contributed by atoms with E-state index < -0.39 is 34.2 Å². The SMILES string of the molecule is O[Si](O)(O[Si](O[Si](O[Si](c1ccccc1)(c1ccccc1)c1ccccc1)(c1ccccc1)c1ccccc1)(c1ccccc1)c1ccccc1)c1ccccc1. The van der Waals surface area contributed by atoms with E-state index in [-0.39, 0.29) is 0 Å². The molecule has 8 aromatic rings. The van der Waals surface area contributed by atoms with Crippen molar-refractivity contribution in [3.05, 3.63) is 243 Å². The van der Waals surface area contributed by atoms with Gasteiger partial charge in [-0.2, -0.15) is 0 Å². The summed E-state index contributed by atoms with van der Waals surface area (Å²) in [7, 11) is -16.7. The van der Waals surface area contributed by atoms with Crippen molar-refractivity contribution in [1.82, 2.24) is 0 Å². The molecule has 0 atom stereocenters. The number of benzene rings is 8. The van der Waals surface area contributed by atoms with Crippen LogP contribution in [0.3, 0.4) is 0 Å². The topological polar surface area (TPSA) is 68.2 Å². The van der Waals surface area contributed by atoms with Crippen LogP contribution >= 0.6 is 0 Å². The third-order valence-corrected chi connectivity index (χ3v) is 26.0. The summed E-state index contributed by atoms with van der Waals surface area (Å²) >= 11 is 0. The van der Waals surface area contributed by atoms with Crippen molar-refractivity contribution in [2.75, 3.05) is 0 Å². The first-order chi connectivity index (χ1) is 28.0. The van der Waals surface area contributed by atoms with Gasteiger partial charge in [0, 0.05) is 5.19 Å². The maximum Gasteiger partial charge on any atom is 0.523 e. The summed E-state index contributed by atoms with van der Waals surface area (Å²) in [6, 6.07) is 80.2. The lowest BCUT2D eigenvalue weighted by molar-refractivity contribution is 0.232. The zero-order valence-electron chi connectivity index (χ0n) is 31.2. The molecule has 0 amide bonds. The van der Waals surface area contributed by atoms with Crippen molar-refractivity contribution >= 4 is 75.7 Å². The maximum atomic E-state index is 12.4. The predicted octanol–water partition coefficient (Wildman–Crippen LogP) is 4.05. The fourth-order valence-electron chi connectivity index (χ4n) is 7.50. The third kappa shape index (κ3) is 7.64. The smallest absolute Gasteiger partial charge is 0.419 e. The molecule has 8 rings (SSSR count). The molecule has 0 aliphatic heterocycles. The Labute approximate surface area is 338 Å². The van der Waals surface area contributed by atoms with Crippen LogP contribution in [0.5, 0.6) is 0 Å². The quantitative estimate of drug-likeness (QED) is 0.128. The molecule has 280 valence electrons. The van der Waals surface area contributed by atoms with E-state index in [9.17, 15) is 9.59 Å². The van der Waals surface area contributed by atoms with Crippen LogP contribution in [-0.2, 0) is 12.3 Å². The van der Waals surface area contributed by atoms with Gasteiger partial charge in [-0.05, 0) is 36.3 Å². The van der Waals surface area contributed by atoms with Crippen LogP contribution in [0.4, 0.5) is 0 Å². The molecule has 2 N–H and O–H groups in total. The monoisotopic (exact) mass is 810 g/mol. The second kappa shape index (κ2) is 16.9. The lowest BCUT2D eigenvalue weighted by atomic mass is 10.3. The highest BCUT2D eigenvalue weighted by Gasteiger charge is 2.61. The van der Waals surface area contributed by atoms with Crippen molar-refractivity contribution in [2.45, 2.75) is 0 Å². The Morgan fingerprint density at radius 3 is 0.702 bits per heavy atom. The van der Waals surface area contributed by atoms with E-state index in [0.717, 1.165) is 25.9 Å². The van der Waals surface area contributed by atoms with Crippen LogP contribution in [0.1, 0.15) is 0 Å². The summed E-state index contributed by atoms with van der Waals surface area (Å²) in [5, 5.41) is 6.57. The zero-order valence-corrected chi connectivity index (χ0v) is 35.2. The van der Waals surface area contributed by atoms with Gasteiger partial charge in [0.05, 0.1) is 0 Å². The van der Waals surface area contributed by atoms with Gasteiger partial charge in [-0.15, -0.1) is 0 Å². The highest BCUT2D eigenvalue weighted by Crippen LogP contribution is 2.26. The predicted molar refractivity (Wildman–Crippen MR) is 239 cm³/mol. The van der Waals surface area contributed by atoms with E-state index in [1.807, 2.05) is 121 Å². The minimum Gasteiger partial charge on any atom is -0.419 e. The van der Waals surface area contributed by atoms with Gasteiger partial charge in [-0.1, -0.05) is 243 Å². The first-order valence-corrected chi connectivity index (χ1v) is 26.3. The molecule has 0 aliphatic rings. The van der Waals surface area contributed by atoms with E-state index in [1.165, 1.54) is 0 Å². The molecule has 9 heteroatoms. The van der Waals surface area contributed by atoms with Gasteiger partial charge in [-0.3, -0.25) is 0 Å². The van der Waals surface area contributed by atoms with E-state index in [4.69, 9.17) is 12.3 Å². The summed E-state index contributed by atoms with van der Waals surface area (Å²) in [5.74, 6) is 0. The van der Waals surface area contributed by atoms with Gasteiger partial charge >= 0.3 is 25.9 Å².